The fourth-order valence-electron chi connectivity index (χ4n) is 3.80. The van der Waals surface area contributed by atoms with Gasteiger partial charge in [-0.2, -0.15) is 0 Å². The van der Waals surface area contributed by atoms with Crippen LogP contribution in [0.3, 0.4) is 0 Å². The van der Waals surface area contributed by atoms with Crippen molar-refractivity contribution in [2.75, 3.05) is 6.61 Å². The number of fused-ring (bicyclic) bond motifs is 1. The third-order valence-electron chi connectivity index (χ3n) is 5.53. The second-order valence-corrected chi connectivity index (χ2v) is 7.91. The number of hydrogen-bond donors (Lipinski definition) is 2. The van der Waals surface area contributed by atoms with Crippen LogP contribution in [0.25, 0.3) is 11.2 Å². The van der Waals surface area contributed by atoms with Crippen molar-refractivity contribution >= 4 is 23.0 Å². The fraction of sp³-hybridized carbons (Fsp3) is 0.240. The van der Waals surface area contributed by atoms with E-state index in [4.69, 9.17) is 4.74 Å². The first-order chi connectivity index (χ1) is 17.4. The summed E-state index contributed by atoms with van der Waals surface area (Å²) in [7, 11) is 0. The third kappa shape index (κ3) is 5.04. The van der Waals surface area contributed by atoms with Gasteiger partial charge in [0.2, 0.25) is 0 Å². The normalized spacial score (nSPS) is 10.8. The average Bonchev–Trinajstić information content (AvgIpc) is 3.33. The van der Waals surface area contributed by atoms with Crippen LogP contribution in [-0.4, -0.2) is 37.1 Å². The quantitative estimate of drug-likeness (QED) is 0.358. The molecule has 186 valence electrons. The lowest BCUT2D eigenvalue weighted by molar-refractivity contribution is -0.122. The molecule has 0 saturated heterocycles. The second-order valence-electron chi connectivity index (χ2n) is 7.91. The van der Waals surface area contributed by atoms with E-state index in [1.807, 2.05) is 44.2 Å². The van der Waals surface area contributed by atoms with Crippen LogP contribution in [0, 0.1) is 0 Å². The minimum atomic E-state index is -0.739. The monoisotopic (exact) mass is 490 g/mol. The van der Waals surface area contributed by atoms with Crippen LogP contribution in [0.1, 0.15) is 29.8 Å². The molecule has 0 bridgehead atoms. The van der Waals surface area contributed by atoms with Crippen molar-refractivity contribution in [2.45, 2.75) is 33.5 Å². The van der Waals surface area contributed by atoms with E-state index in [0.29, 0.717) is 18.9 Å². The van der Waals surface area contributed by atoms with Gasteiger partial charge in [0.15, 0.2) is 11.2 Å². The van der Waals surface area contributed by atoms with Crippen molar-refractivity contribution in [3.8, 4) is 5.75 Å². The standard InChI is InChI=1S/C25H26N6O5/c1-3-29-16-26-22-21(29)24(34)31(25(35)30(22)14-17-9-6-5-7-10-17)15-20(32)27-28-23(33)18-11-8-12-19(13-18)36-4-2/h5-13,16H,3-4,14-15H2,1-2H3,(H,27,32)(H,28,33). The Morgan fingerprint density at radius 2 is 1.75 bits per heavy atom. The first kappa shape index (κ1) is 24.5. The maximum atomic E-state index is 13.3. The number of nitrogens with zero attached hydrogens (tertiary/aromatic N) is 4. The number of aryl methyl sites for hydroxylation is 1. The zero-order valence-corrected chi connectivity index (χ0v) is 19.9. The minimum absolute atomic E-state index is 0.172. The first-order valence-electron chi connectivity index (χ1n) is 11.5. The van der Waals surface area contributed by atoms with E-state index >= 15 is 0 Å². The SMILES string of the molecule is CCOc1cccc(C(=O)NNC(=O)Cn2c(=O)c3c(ncn3CC)n(Cc3ccccc3)c2=O)c1. The summed E-state index contributed by atoms with van der Waals surface area (Å²) in [5, 5.41) is 0. The van der Waals surface area contributed by atoms with Crippen LogP contribution < -0.4 is 26.8 Å². The molecular weight excluding hydrogens is 464 g/mol. The van der Waals surface area contributed by atoms with Gasteiger partial charge in [-0.25, -0.2) is 14.3 Å². The van der Waals surface area contributed by atoms with E-state index in [2.05, 4.69) is 15.8 Å². The number of rotatable bonds is 8. The Hall–Kier alpha value is -4.67. The molecule has 0 unspecified atom stereocenters. The predicted molar refractivity (Wildman–Crippen MR) is 133 cm³/mol. The number of carbonyl (C=O) groups excluding carboxylic acids is 2. The van der Waals surface area contributed by atoms with Crippen molar-refractivity contribution in [2.24, 2.45) is 0 Å². The van der Waals surface area contributed by atoms with Crippen LogP contribution >= 0.6 is 0 Å². The number of hydrogen-bond acceptors (Lipinski definition) is 6. The van der Waals surface area contributed by atoms with Crippen molar-refractivity contribution in [3.63, 3.8) is 0 Å². The van der Waals surface area contributed by atoms with Crippen LogP contribution in [-0.2, 0) is 24.4 Å². The summed E-state index contributed by atoms with van der Waals surface area (Å²) in [5.74, 6) is -0.794. The lowest BCUT2D eigenvalue weighted by Crippen LogP contribution is -2.48. The van der Waals surface area contributed by atoms with Gasteiger partial charge in [0.1, 0.15) is 12.3 Å². The molecule has 4 aromatic rings. The summed E-state index contributed by atoms with van der Waals surface area (Å²) in [6, 6.07) is 15.7. The van der Waals surface area contributed by atoms with E-state index in [0.717, 1.165) is 10.1 Å². The van der Waals surface area contributed by atoms with Gasteiger partial charge in [0, 0.05) is 12.1 Å². The number of imidazole rings is 1. The minimum Gasteiger partial charge on any atom is -0.494 e. The largest absolute Gasteiger partial charge is 0.494 e. The Morgan fingerprint density at radius 3 is 2.47 bits per heavy atom. The Labute approximate surface area is 205 Å². The zero-order chi connectivity index (χ0) is 25.7. The van der Waals surface area contributed by atoms with Gasteiger partial charge in [0.05, 0.1) is 19.5 Å². The fourth-order valence-corrected chi connectivity index (χ4v) is 3.80. The van der Waals surface area contributed by atoms with Crippen molar-refractivity contribution in [3.05, 3.63) is 92.9 Å². The molecule has 0 radical (unpaired) electrons. The van der Waals surface area contributed by atoms with E-state index in [1.165, 1.54) is 17.0 Å². The smallest absolute Gasteiger partial charge is 0.333 e. The van der Waals surface area contributed by atoms with E-state index < -0.39 is 29.6 Å². The molecule has 0 aliphatic carbocycles. The van der Waals surface area contributed by atoms with Crippen molar-refractivity contribution < 1.29 is 14.3 Å². The number of hydrazine groups is 1. The van der Waals surface area contributed by atoms with Gasteiger partial charge in [-0.05, 0) is 37.6 Å². The Morgan fingerprint density at radius 1 is 0.972 bits per heavy atom. The summed E-state index contributed by atoms with van der Waals surface area (Å²) < 4.78 is 9.21. The Kier molecular flexibility index (Phi) is 7.28. The number of amides is 2. The van der Waals surface area contributed by atoms with E-state index in [-0.39, 0.29) is 23.3 Å². The first-order valence-corrected chi connectivity index (χ1v) is 11.5. The molecule has 2 aromatic heterocycles. The number of benzene rings is 2. The van der Waals surface area contributed by atoms with Crippen LogP contribution in [0.15, 0.2) is 70.5 Å². The molecule has 11 nitrogen and oxygen atoms in total. The number of aromatic nitrogens is 4. The average molecular weight is 491 g/mol. The molecule has 0 atom stereocenters. The van der Waals surface area contributed by atoms with Gasteiger partial charge >= 0.3 is 5.69 Å². The number of nitrogens with one attached hydrogen (secondary N) is 2. The predicted octanol–water partition coefficient (Wildman–Crippen LogP) is 1.29. The topological polar surface area (TPSA) is 129 Å². The van der Waals surface area contributed by atoms with Gasteiger partial charge < -0.3 is 9.30 Å². The highest BCUT2D eigenvalue weighted by atomic mass is 16.5. The molecule has 2 heterocycles. The maximum absolute atomic E-state index is 13.3. The van der Waals surface area contributed by atoms with Crippen LogP contribution in [0.4, 0.5) is 0 Å². The molecule has 36 heavy (non-hydrogen) atoms. The molecule has 2 amide bonds. The molecule has 2 N–H and O–H groups in total. The molecule has 2 aromatic carbocycles. The highest BCUT2D eigenvalue weighted by Crippen LogP contribution is 2.13. The van der Waals surface area contributed by atoms with Gasteiger partial charge in [-0.1, -0.05) is 36.4 Å². The lowest BCUT2D eigenvalue weighted by Gasteiger charge is -2.13. The highest BCUT2D eigenvalue weighted by molar-refractivity contribution is 5.95. The molecular formula is C25H26N6O5. The third-order valence-corrected chi connectivity index (χ3v) is 5.53. The Balaban J connectivity index is 1.59. The summed E-state index contributed by atoms with van der Waals surface area (Å²) in [6.07, 6.45) is 1.49. The van der Waals surface area contributed by atoms with Crippen LogP contribution in [0.2, 0.25) is 0 Å². The van der Waals surface area contributed by atoms with E-state index in [9.17, 15) is 19.2 Å². The van der Waals surface area contributed by atoms with Crippen molar-refractivity contribution in [1.29, 1.82) is 0 Å². The number of ether oxygens (including phenoxy) is 1. The molecule has 0 saturated carbocycles. The Bertz CT molecular complexity index is 1520. The molecule has 0 aliphatic heterocycles. The lowest BCUT2D eigenvalue weighted by atomic mass is 10.2. The summed E-state index contributed by atoms with van der Waals surface area (Å²) in [5.41, 5.74) is 4.83. The molecule has 0 spiro atoms. The highest BCUT2D eigenvalue weighted by Gasteiger charge is 2.20. The summed E-state index contributed by atoms with van der Waals surface area (Å²) in [4.78, 5) is 55.9. The molecule has 11 heteroatoms. The summed E-state index contributed by atoms with van der Waals surface area (Å²) in [6.45, 7) is 4.16. The number of carbonyl (C=O) groups is 2. The van der Waals surface area contributed by atoms with Crippen molar-refractivity contribution in [1.82, 2.24) is 29.5 Å². The van der Waals surface area contributed by atoms with E-state index in [1.54, 1.807) is 22.8 Å². The molecule has 0 aliphatic rings. The van der Waals surface area contributed by atoms with Crippen LogP contribution in [0.5, 0.6) is 5.75 Å². The van der Waals surface area contributed by atoms with Gasteiger partial charge in [-0.3, -0.25) is 29.8 Å². The van der Waals surface area contributed by atoms with Gasteiger partial charge in [0.25, 0.3) is 17.4 Å². The zero-order valence-electron chi connectivity index (χ0n) is 19.9. The van der Waals surface area contributed by atoms with Gasteiger partial charge in [-0.15, -0.1) is 0 Å². The maximum Gasteiger partial charge on any atom is 0.333 e. The molecule has 0 fully saturated rings. The molecule has 4 rings (SSSR count). The summed E-state index contributed by atoms with van der Waals surface area (Å²) >= 11 is 0. The second kappa shape index (κ2) is 10.7.